The lowest BCUT2D eigenvalue weighted by Crippen LogP contribution is -2.30. The van der Waals surface area contributed by atoms with E-state index in [1.54, 1.807) is 46.7 Å². The Morgan fingerprint density at radius 2 is 2.06 bits per heavy atom. The lowest BCUT2D eigenvalue weighted by molar-refractivity contribution is 0.101. The molecular weight excluding hydrogens is 450 g/mol. The third-order valence-electron chi connectivity index (χ3n) is 5.46. The second-order valence-electron chi connectivity index (χ2n) is 7.51. The number of nitrogens with one attached hydrogen (secondary N) is 1. The highest BCUT2D eigenvalue weighted by atomic mass is 35.5. The van der Waals surface area contributed by atoms with Gasteiger partial charge in [0.05, 0.1) is 10.2 Å². The molecule has 0 radical (unpaired) electrons. The van der Waals surface area contributed by atoms with E-state index in [0.29, 0.717) is 5.69 Å². The maximum Gasteiger partial charge on any atom is 0.274 e. The summed E-state index contributed by atoms with van der Waals surface area (Å²) < 4.78 is 2.77. The number of carbonyl (C=O) groups is 1. The molecule has 0 saturated carbocycles. The second kappa shape index (κ2) is 9.08. The number of halogens is 1. The molecule has 4 aromatic rings. The number of hydrogen-bond donors (Lipinski definition) is 1. The maximum absolute atomic E-state index is 12.9. The van der Waals surface area contributed by atoms with Crippen molar-refractivity contribution in [3.8, 4) is 10.6 Å². The molecule has 0 aliphatic carbocycles. The molecule has 3 aromatic heterocycles. The molecule has 0 bridgehead atoms. The van der Waals surface area contributed by atoms with Gasteiger partial charge in [-0.2, -0.15) is 5.10 Å². The van der Waals surface area contributed by atoms with Crippen molar-refractivity contribution >= 4 is 56.2 Å². The summed E-state index contributed by atoms with van der Waals surface area (Å²) in [7, 11) is 1.78. The minimum Gasteiger partial charge on any atom is -0.312 e. The number of thiophene rings is 1. The minimum absolute atomic E-state index is 0. The highest BCUT2D eigenvalue weighted by Crippen LogP contribution is 2.45. The first-order chi connectivity index (χ1) is 14.6. The quantitative estimate of drug-likeness (QED) is 0.432. The maximum atomic E-state index is 12.9. The van der Waals surface area contributed by atoms with E-state index in [1.807, 2.05) is 18.2 Å². The van der Waals surface area contributed by atoms with Crippen LogP contribution in [-0.4, -0.2) is 38.7 Å². The van der Waals surface area contributed by atoms with Crippen molar-refractivity contribution in [1.29, 1.82) is 0 Å². The zero-order valence-corrected chi connectivity index (χ0v) is 19.9. The number of carbonyl (C=O) groups excluding carboxylic acids is 1. The fourth-order valence-electron chi connectivity index (χ4n) is 4.02. The number of aryl methyl sites for hydroxylation is 1. The van der Waals surface area contributed by atoms with E-state index in [9.17, 15) is 4.79 Å². The van der Waals surface area contributed by atoms with Gasteiger partial charge in [0.15, 0.2) is 0 Å². The molecule has 1 aliphatic rings. The van der Waals surface area contributed by atoms with Gasteiger partial charge in [-0.1, -0.05) is 19.1 Å². The zero-order valence-electron chi connectivity index (χ0n) is 17.4. The van der Waals surface area contributed by atoms with E-state index < -0.39 is 0 Å². The first-order valence-corrected chi connectivity index (χ1v) is 11.8. The smallest absolute Gasteiger partial charge is 0.274 e. The Labute approximate surface area is 195 Å². The normalized spacial score (nSPS) is 13.7. The molecule has 1 aliphatic heterocycles. The number of benzene rings is 1. The van der Waals surface area contributed by atoms with Crippen LogP contribution in [0.4, 0.5) is 5.00 Å². The number of para-hydroxylation sites is 1. The molecule has 5 rings (SSSR count). The first kappa shape index (κ1) is 22.0. The van der Waals surface area contributed by atoms with E-state index in [2.05, 4.69) is 28.3 Å². The number of rotatable bonds is 5. The lowest BCUT2D eigenvalue weighted by atomic mass is 10.0. The minimum atomic E-state index is -0.138. The topological polar surface area (TPSA) is 63.1 Å². The number of aromatic nitrogens is 3. The fraction of sp³-hybridized carbons (Fsp3) is 0.318. The van der Waals surface area contributed by atoms with Crippen LogP contribution < -0.4 is 5.32 Å². The molecule has 31 heavy (non-hydrogen) atoms. The number of amides is 1. The highest BCUT2D eigenvalue weighted by Gasteiger charge is 2.28. The van der Waals surface area contributed by atoms with E-state index in [4.69, 9.17) is 4.98 Å². The summed E-state index contributed by atoms with van der Waals surface area (Å²) in [5, 5.41) is 9.17. The van der Waals surface area contributed by atoms with Crippen LogP contribution in [0.25, 0.3) is 20.8 Å². The van der Waals surface area contributed by atoms with Gasteiger partial charge in [0.2, 0.25) is 0 Å². The van der Waals surface area contributed by atoms with Gasteiger partial charge in [-0.05, 0) is 43.1 Å². The van der Waals surface area contributed by atoms with Gasteiger partial charge in [-0.15, -0.1) is 35.1 Å². The molecule has 162 valence electrons. The Bertz CT molecular complexity index is 1190. The van der Waals surface area contributed by atoms with E-state index in [-0.39, 0.29) is 18.3 Å². The van der Waals surface area contributed by atoms with Crippen molar-refractivity contribution in [2.45, 2.75) is 26.3 Å². The number of nitrogens with zero attached hydrogens (tertiary/aromatic N) is 4. The second-order valence-corrected chi connectivity index (χ2v) is 9.65. The van der Waals surface area contributed by atoms with Gasteiger partial charge in [0, 0.05) is 36.8 Å². The summed E-state index contributed by atoms with van der Waals surface area (Å²) in [6.45, 7) is 5.30. The monoisotopic (exact) mass is 473 g/mol. The molecule has 0 saturated heterocycles. The van der Waals surface area contributed by atoms with E-state index >= 15 is 0 Å². The van der Waals surface area contributed by atoms with Crippen LogP contribution >= 0.6 is 35.1 Å². The largest absolute Gasteiger partial charge is 0.312 e. The van der Waals surface area contributed by atoms with Crippen molar-refractivity contribution in [1.82, 2.24) is 19.7 Å². The third kappa shape index (κ3) is 4.13. The standard InChI is InChI=1S/C22H23N5OS2.ClH/c1-3-11-27-12-9-14-18(13-27)30-22(25-20(28)16-8-10-23-26(16)2)19(14)21-24-15-6-4-5-7-17(15)29-21;/h4-8,10H,3,9,11-13H2,1-2H3,(H,25,28);1H. The van der Waals surface area contributed by atoms with Crippen molar-refractivity contribution in [3.05, 3.63) is 52.7 Å². The molecule has 0 fully saturated rings. The van der Waals surface area contributed by atoms with Gasteiger partial charge in [-0.25, -0.2) is 4.98 Å². The third-order valence-corrected chi connectivity index (χ3v) is 7.65. The molecular formula is C22H24ClN5OS2. The van der Waals surface area contributed by atoms with Crippen LogP contribution in [0.2, 0.25) is 0 Å². The molecule has 0 spiro atoms. The van der Waals surface area contributed by atoms with Crippen LogP contribution in [0, 0.1) is 0 Å². The lowest BCUT2D eigenvalue weighted by Gasteiger charge is -2.26. The van der Waals surface area contributed by atoms with Crippen LogP contribution in [0.15, 0.2) is 36.5 Å². The molecule has 0 atom stereocenters. The van der Waals surface area contributed by atoms with E-state index in [1.165, 1.54) is 15.1 Å². The Hall–Kier alpha value is -2.26. The molecule has 4 heterocycles. The van der Waals surface area contributed by atoms with Crippen LogP contribution in [0.1, 0.15) is 34.3 Å². The van der Waals surface area contributed by atoms with Crippen LogP contribution in [0.3, 0.4) is 0 Å². The SMILES string of the molecule is CCCN1CCc2c(sc(NC(=O)c3ccnn3C)c2-c2nc3ccccc3s2)C1.Cl. The number of anilines is 1. The molecule has 1 amide bonds. The first-order valence-electron chi connectivity index (χ1n) is 10.2. The Morgan fingerprint density at radius 1 is 1.23 bits per heavy atom. The fourth-order valence-corrected chi connectivity index (χ4v) is 6.42. The molecule has 9 heteroatoms. The predicted molar refractivity (Wildman–Crippen MR) is 131 cm³/mol. The molecule has 1 N–H and O–H groups in total. The van der Waals surface area contributed by atoms with Gasteiger partial charge in [0.25, 0.3) is 5.91 Å². The van der Waals surface area contributed by atoms with Crippen molar-refractivity contribution in [2.24, 2.45) is 7.05 Å². The summed E-state index contributed by atoms with van der Waals surface area (Å²) in [4.78, 5) is 21.7. The Kier molecular flexibility index (Phi) is 6.43. The van der Waals surface area contributed by atoms with Gasteiger partial charge >= 0.3 is 0 Å². The summed E-state index contributed by atoms with van der Waals surface area (Å²) in [5.41, 5.74) is 3.99. The number of thiazole rings is 1. The number of fused-ring (bicyclic) bond motifs is 2. The summed E-state index contributed by atoms with van der Waals surface area (Å²) in [6, 6.07) is 9.95. The average Bonchev–Trinajstić information content (AvgIpc) is 3.43. The Morgan fingerprint density at radius 3 is 2.81 bits per heavy atom. The zero-order chi connectivity index (χ0) is 20.7. The summed E-state index contributed by atoms with van der Waals surface area (Å²) >= 11 is 3.39. The average molecular weight is 474 g/mol. The summed E-state index contributed by atoms with van der Waals surface area (Å²) in [5.74, 6) is -0.138. The van der Waals surface area contributed by atoms with Crippen LogP contribution in [0.5, 0.6) is 0 Å². The van der Waals surface area contributed by atoms with Crippen molar-refractivity contribution in [3.63, 3.8) is 0 Å². The van der Waals surface area contributed by atoms with Gasteiger partial charge in [0.1, 0.15) is 15.7 Å². The van der Waals surface area contributed by atoms with Crippen molar-refractivity contribution in [2.75, 3.05) is 18.4 Å². The summed E-state index contributed by atoms with van der Waals surface area (Å²) in [6.07, 6.45) is 3.78. The van der Waals surface area contributed by atoms with Gasteiger partial charge in [-0.3, -0.25) is 14.4 Å². The molecule has 0 unspecified atom stereocenters. The molecule has 6 nitrogen and oxygen atoms in total. The predicted octanol–water partition coefficient (Wildman–Crippen LogP) is 5.20. The van der Waals surface area contributed by atoms with Gasteiger partial charge < -0.3 is 5.32 Å². The van der Waals surface area contributed by atoms with Crippen molar-refractivity contribution < 1.29 is 4.79 Å². The Balaban J connectivity index is 0.00000231. The number of hydrogen-bond acceptors (Lipinski definition) is 6. The van der Waals surface area contributed by atoms with E-state index in [0.717, 1.165) is 53.6 Å². The highest BCUT2D eigenvalue weighted by molar-refractivity contribution is 7.22. The molecule has 1 aromatic carbocycles. The van der Waals surface area contributed by atoms with Crippen LogP contribution in [-0.2, 0) is 20.0 Å².